The predicted molar refractivity (Wildman–Crippen MR) is 106 cm³/mol. The van der Waals surface area contributed by atoms with Gasteiger partial charge in [-0.15, -0.1) is 0 Å². The first-order chi connectivity index (χ1) is 11.9. The molecule has 5 heteroatoms. The molecule has 0 amide bonds. The summed E-state index contributed by atoms with van der Waals surface area (Å²) < 4.78 is 11.0. The standard InChI is InChI=1S/C20H41N3O2/c1-7-21-19(22-16-20(4,5)15-17(2)3)23-11-9-18(10-12-23)25-14-8-13-24-6/h17-18H,7-16H2,1-6H3,(H,21,22). The molecule has 0 aromatic carbocycles. The van der Waals surface area contributed by atoms with Crippen LogP contribution in [-0.2, 0) is 9.47 Å². The Balaban J connectivity index is 2.47. The van der Waals surface area contributed by atoms with E-state index in [-0.39, 0.29) is 5.41 Å². The van der Waals surface area contributed by atoms with E-state index in [9.17, 15) is 0 Å². The van der Waals surface area contributed by atoms with Crippen molar-refractivity contribution in [1.29, 1.82) is 0 Å². The van der Waals surface area contributed by atoms with Crippen LogP contribution < -0.4 is 5.32 Å². The van der Waals surface area contributed by atoms with Crippen molar-refractivity contribution in [1.82, 2.24) is 10.2 Å². The second-order valence-corrected chi connectivity index (χ2v) is 8.34. The van der Waals surface area contributed by atoms with Crippen molar-refractivity contribution < 1.29 is 9.47 Å². The lowest BCUT2D eigenvalue weighted by Gasteiger charge is -2.35. The van der Waals surface area contributed by atoms with Gasteiger partial charge in [0.1, 0.15) is 0 Å². The minimum Gasteiger partial charge on any atom is -0.385 e. The van der Waals surface area contributed by atoms with E-state index < -0.39 is 0 Å². The lowest BCUT2D eigenvalue weighted by Crippen LogP contribution is -2.47. The van der Waals surface area contributed by atoms with Crippen LogP contribution in [0.3, 0.4) is 0 Å². The maximum Gasteiger partial charge on any atom is 0.193 e. The topological polar surface area (TPSA) is 46.1 Å². The first-order valence-corrected chi connectivity index (χ1v) is 10.0. The third-order valence-corrected chi connectivity index (χ3v) is 4.54. The first-order valence-electron chi connectivity index (χ1n) is 10.0. The van der Waals surface area contributed by atoms with Gasteiger partial charge in [0.25, 0.3) is 0 Å². The summed E-state index contributed by atoms with van der Waals surface area (Å²) in [6.45, 7) is 16.8. The van der Waals surface area contributed by atoms with Crippen LogP contribution >= 0.6 is 0 Å². The summed E-state index contributed by atoms with van der Waals surface area (Å²) >= 11 is 0. The van der Waals surface area contributed by atoms with Gasteiger partial charge in [-0.05, 0) is 43.9 Å². The highest BCUT2D eigenvalue weighted by Gasteiger charge is 2.23. The molecule has 0 aromatic rings. The molecule has 1 heterocycles. The lowest BCUT2D eigenvalue weighted by molar-refractivity contribution is 0.00987. The summed E-state index contributed by atoms with van der Waals surface area (Å²) in [7, 11) is 1.74. The number of methoxy groups -OCH3 is 1. The van der Waals surface area contributed by atoms with E-state index in [0.717, 1.165) is 64.6 Å². The highest BCUT2D eigenvalue weighted by molar-refractivity contribution is 5.80. The first kappa shape index (κ1) is 22.2. The average Bonchev–Trinajstić information content (AvgIpc) is 2.55. The van der Waals surface area contributed by atoms with Crippen molar-refractivity contribution >= 4 is 5.96 Å². The SMILES string of the molecule is CCNC(=NCC(C)(C)CC(C)C)N1CCC(OCCCOC)CC1. The maximum absolute atomic E-state index is 5.96. The number of rotatable bonds is 10. The highest BCUT2D eigenvalue weighted by atomic mass is 16.5. The van der Waals surface area contributed by atoms with Crippen LogP contribution in [0.15, 0.2) is 4.99 Å². The van der Waals surface area contributed by atoms with Crippen molar-refractivity contribution in [2.75, 3.05) is 46.5 Å². The zero-order chi connectivity index (χ0) is 18.7. The van der Waals surface area contributed by atoms with Crippen LogP contribution in [0, 0.1) is 11.3 Å². The third-order valence-electron chi connectivity index (χ3n) is 4.54. The molecule has 148 valence electrons. The smallest absolute Gasteiger partial charge is 0.193 e. The number of likely N-dealkylation sites (tertiary alicyclic amines) is 1. The molecule has 0 aliphatic carbocycles. The molecule has 0 unspecified atom stereocenters. The van der Waals surface area contributed by atoms with Crippen LogP contribution in [0.4, 0.5) is 0 Å². The van der Waals surface area contributed by atoms with E-state index in [4.69, 9.17) is 14.5 Å². The van der Waals surface area contributed by atoms with Crippen molar-refractivity contribution in [2.24, 2.45) is 16.3 Å². The van der Waals surface area contributed by atoms with Gasteiger partial charge < -0.3 is 19.7 Å². The second-order valence-electron chi connectivity index (χ2n) is 8.34. The predicted octanol–water partition coefficient (Wildman–Crippen LogP) is 3.54. The van der Waals surface area contributed by atoms with E-state index in [2.05, 4.69) is 44.8 Å². The third kappa shape index (κ3) is 9.45. The summed E-state index contributed by atoms with van der Waals surface area (Å²) in [6, 6.07) is 0. The Kier molecular flexibility index (Phi) is 10.4. The molecule has 0 bridgehead atoms. The molecule has 0 radical (unpaired) electrons. The van der Waals surface area contributed by atoms with Gasteiger partial charge in [0, 0.05) is 46.5 Å². The van der Waals surface area contributed by atoms with E-state index in [1.54, 1.807) is 7.11 Å². The Hall–Kier alpha value is -0.810. The van der Waals surface area contributed by atoms with Crippen LogP contribution in [-0.4, -0.2) is 63.5 Å². The number of ether oxygens (including phenoxy) is 2. The molecule has 25 heavy (non-hydrogen) atoms. The van der Waals surface area contributed by atoms with Crippen LogP contribution in [0.25, 0.3) is 0 Å². The average molecular weight is 356 g/mol. The number of guanidine groups is 1. The Bertz CT molecular complexity index is 375. The molecule has 0 atom stereocenters. The molecule has 1 fully saturated rings. The molecule has 5 nitrogen and oxygen atoms in total. The Morgan fingerprint density at radius 1 is 1.24 bits per heavy atom. The minimum absolute atomic E-state index is 0.248. The maximum atomic E-state index is 5.96. The van der Waals surface area contributed by atoms with Gasteiger partial charge in [-0.1, -0.05) is 27.7 Å². The monoisotopic (exact) mass is 355 g/mol. The number of aliphatic imine (C=N–C) groups is 1. The van der Waals surface area contributed by atoms with Crippen molar-refractivity contribution in [3.05, 3.63) is 0 Å². The van der Waals surface area contributed by atoms with E-state index in [1.807, 2.05) is 0 Å². The quantitative estimate of drug-likeness (QED) is 0.370. The highest BCUT2D eigenvalue weighted by Crippen LogP contribution is 2.25. The number of nitrogens with zero attached hydrogens (tertiary/aromatic N) is 2. The van der Waals surface area contributed by atoms with Gasteiger partial charge in [-0.2, -0.15) is 0 Å². The van der Waals surface area contributed by atoms with Crippen molar-refractivity contribution in [2.45, 2.75) is 66.4 Å². The van der Waals surface area contributed by atoms with Crippen LogP contribution in [0.5, 0.6) is 0 Å². The van der Waals surface area contributed by atoms with Gasteiger partial charge in [0.2, 0.25) is 0 Å². The molecule has 0 spiro atoms. The molecule has 1 saturated heterocycles. The largest absolute Gasteiger partial charge is 0.385 e. The molecule has 1 aliphatic heterocycles. The Labute approximate surface area is 155 Å². The number of piperidine rings is 1. The van der Waals surface area contributed by atoms with Crippen molar-refractivity contribution in [3.63, 3.8) is 0 Å². The zero-order valence-corrected chi connectivity index (χ0v) is 17.4. The summed E-state index contributed by atoms with van der Waals surface area (Å²) in [5, 5.41) is 3.47. The zero-order valence-electron chi connectivity index (χ0n) is 17.4. The van der Waals surface area contributed by atoms with Gasteiger partial charge in [0.05, 0.1) is 6.10 Å². The normalized spacial score (nSPS) is 17.4. The fourth-order valence-corrected chi connectivity index (χ4v) is 3.57. The number of hydrogen-bond acceptors (Lipinski definition) is 3. The summed E-state index contributed by atoms with van der Waals surface area (Å²) in [4.78, 5) is 7.34. The van der Waals surface area contributed by atoms with Crippen LogP contribution in [0.1, 0.15) is 60.3 Å². The van der Waals surface area contributed by atoms with Crippen molar-refractivity contribution in [3.8, 4) is 0 Å². The summed E-state index contributed by atoms with van der Waals surface area (Å²) in [5.74, 6) is 1.77. The molecular formula is C20H41N3O2. The Morgan fingerprint density at radius 3 is 2.48 bits per heavy atom. The molecule has 1 aliphatic rings. The summed E-state index contributed by atoms with van der Waals surface area (Å²) in [6.07, 6.45) is 4.71. The number of hydrogen-bond donors (Lipinski definition) is 1. The van der Waals surface area contributed by atoms with Crippen LogP contribution in [0.2, 0.25) is 0 Å². The Morgan fingerprint density at radius 2 is 1.92 bits per heavy atom. The van der Waals surface area contributed by atoms with Gasteiger partial charge in [-0.25, -0.2) is 0 Å². The fourth-order valence-electron chi connectivity index (χ4n) is 3.57. The molecule has 0 saturated carbocycles. The van der Waals surface area contributed by atoms with Gasteiger partial charge in [0.15, 0.2) is 5.96 Å². The molecule has 1 rings (SSSR count). The molecule has 0 aromatic heterocycles. The van der Waals surface area contributed by atoms with E-state index in [1.165, 1.54) is 6.42 Å². The number of nitrogens with one attached hydrogen (secondary N) is 1. The van der Waals surface area contributed by atoms with E-state index >= 15 is 0 Å². The van der Waals surface area contributed by atoms with Gasteiger partial charge in [-0.3, -0.25) is 4.99 Å². The van der Waals surface area contributed by atoms with Gasteiger partial charge >= 0.3 is 0 Å². The molecular weight excluding hydrogens is 314 g/mol. The molecule has 1 N–H and O–H groups in total. The minimum atomic E-state index is 0.248. The van der Waals surface area contributed by atoms with E-state index in [0.29, 0.717) is 12.0 Å². The lowest BCUT2D eigenvalue weighted by atomic mass is 9.84. The summed E-state index contributed by atoms with van der Waals surface area (Å²) in [5.41, 5.74) is 0.248. The fraction of sp³-hybridized carbons (Fsp3) is 0.950. The second kappa shape index (κ2) is 11.7.